The van der Waals surface area contributed by atoms with Crippen molar-refractivity contribution in [1.29, 1.82) is 0 Å². The molecule has 1 aromatic rings. The van der Waals surface area contributed by atoms with Crippen LogP contribution in [0.1, 0.15) is 19.8 Å². The minimum absolute atomic E-state index is 0.0729. The third-order valence-corrected chi connectivity index (χ3v) is 5.14. The summed E-state index contributed by atoms with van der Waals surface area (Å²) in [6.07, 6.45) is 1.14. The van der Waals surface area contributed by atoms with Crippen LogP contribution in [-0.2, 0) is 19.6 Å². The Kier molecular flexibility index (Phi) is 4.07. The van der Waals surface area contributed by atoms with Gasteiger partial charge in [0.15, 0.2) is 6.10 Å². The van der Waals surface area contributed by atoms with Gasteiger partial charge < -0.3 is 14.8 Å². The van der Waals surface area contributed by atoms with Crippen molar-refractivity contribution in [3.63, 3.8) is 0 Å². The number of hydrogen-bond donors (Lipinski definition) is 2. The molecule has 1 saturated heterocycles. The molecule has 0 spiro atoms. The maximum Gasteiger partial charge on any atom is 0.265 e. The average molecular weight is 326 g/mol. The van der Waals surface area contributed by atoms with Gasteiger partial charge >= 0.3 is 0 Å². The third kappa shape index (κ3) is 3.08. The van der Waals surface area contributed by atoms with E-state index in [1.165, 1.54) is 12.1 Å². The molecule has 0 bridgehead atoms. The molecule has 1 aromatic carbocycles. The van der Waals surface area contributed by atoms with E-state index < -0.39 is 16.1 Å². The Hall–Kier alpha value is -1.64. The van der Waals surface area contributed by atoms with Crippen molar-refractivity contribution in [2.45, 2.75) is 36.9 Å². The van der Waals surface area contributed by atoms with Gasteiger partial charge in [-0.25, -0.2) is 13.1 Å². The largest absolute Gasteiger partial charge is 0.479 e. The highest BCUT2D eigenvalue weighted by Crippen LogP contribution is 2.31. The van der Waals surface area contributed by atoms with E-state index in [-0.39, 0.29) is 23.5 Å². The molecule has 8 heteroatoms. The molecule has 120 valence electrons. The molecule has 7 nitrogen and oxygen atoms in total. The summed E-state index contributed by atoms with van der Waals surface area (Å²) in [5, 5.41) is 2.64. The van der Waals surface area contributed by atoms with E-state index in [9.17, 15) is 13.2 Å². The van der Waals surface area contributed by atoms with Crippen molar-refractivity contribution in [2.75, 3.05) is 18.5 Å². The fourth-order valence-electron chi connectivity index (χ4n) is 2.45. The molecular formula is C14H18N2O5S. The van der Waals surface area contributed by atoms with E-state index in [2.05, 4.69) is 10.0 Å². The fourth-order valence-corrected chi connectivity index (χ4v) is 3.54. The minimum Gasteiger partial charge on any atom is -0.479 e. The number of fused-ring (bicyclic) bond motifs is 1. The van der Waals surface area contributed by atoms with Crippen LogP contribution in [0.2, 0.25) is 0 Å². The monoisotopic (exact) mass is 326 g/mol. The average Bonchev–Trinajstić information content (AvgIpc) is 2.99. The predicted octanol–water partition coefficient (Wildman–Crippen LogP) is 0.863. The SMILES string of the molecule is C[C@H]1Oc2ccc(S(=O)(=O)NC[C@H]3CCCO3)cc2NC1=O. The summed E-state index contributed by atoms with van der Waals surface area (Å²) in [4.78, 5) is 11.7. The quantitative estimate of drug-likeness (QED) is 0.856. The van der Waals surface area contributed by atoms with E-state index >= 15 is 0 Å². The maximum absolute atomic E-state index is 12.3. The molecule has 0 unspecified atom stereocenters. The van der Waals surface area contributed by atoms with Crippen LogP contribution in [0.5, 0.6) is 5.75 Å². The zero-order valence-electron chi connectivity index (χ0n) is 12.2. The lowest BCUT2D eigenvalue weighted by Crippen LogP contribution is -2.35. The number of anilines is 1. The Morgan fingerprint density at radius 3 is 2.95 bits per heavy atom. The zero-order chi connectivity index (χ0) is 15.7. The number of sulfonamides is 1. The summed E-state index contributed by atoms with van der Waals surface area (Å²) >= 11 is 0. The number of ether oxygens (including phenoxy) is 2. The first-order valence-corrected chi connectivity index (χ1v) is 8.67. The standard InChI is InChI=1S/C14H18N2O5S/c1-9-14(17)16-12-7-11(4-5-13(12)21-9)22(18,19)15-8-10-3-2-6-20-10/h4-5,7,9-10,15H,2-3,6,8H2,1H3,(H,16,17)/t9-,10-/m1/s1. The highest BCUT2D eigenvalue weighted by atomic mass is 32.2. The van der Waals surface area contributed by atoms with Crippen LogP contribution in [0.15, 0.2) is 23.1 Å². The van der Waals surface area contributed by atoms with Crippen molar-refractivity contribution in [3.05, 3.63) is 18.2 Å². The molecule has 2 heterocycles. The van der Waals surface area contributed by atoms with Crippen LogP contribution in [0.3, 0.4) is 0 Å². The molecule has 1 amide bonds. The number of rotatable bonds is 4. The molecule has 3 rings (SSSR count). The lowest BCUT2D eigenvalue weighted by atomic mass is 10.2. The minimum atomic E-state index is -3.65. The molecule has 0 saturated carbocycles. The molecule has 2 atom stereocenters. The van der Waals surface area contributed by atoms with E-state index in [1.807, 2.05) is 0 Å². The number of carbonyl (C=O) groups is 1. The van der Waals surface area contributed by atoms with Crippen molar-refractivity contribution < 1.29 is 22.7 Å². The van der Waals surface area contributed by atoms with Crippen LogP contribution in [0.4, 0.5) is 5.69 Å². The predicted molar refractivity (Wildman–Crippen MR) is 79.3 cm³/mol. The van der Waals surface area contributed by atoms with Gasteiger partial charge in [-0.2, -0.15) is 0 Å². The van der Waals surface area contributed by atoms with Gasteiger partial charge in [0, 0.05) is 13.2 Å². The van der Waals surface area contributed by atoms with E-state index in [0.29, 0.717) is 18.0 Å². The van der Waals surface area contributed by atoms with Crippen molar-refractivity contribution >= 4 is 21.6 Å². The summed E-state index contributed by atoms with van der Waals surface area (Å²) in [6, 6.07) is 4.41. The van der Waals surface area contributed by atoms with Crippen molar-refractivity contribution in [2.24, 2.45) is 0 Å². The van der Waals surface area contributed by atoms with E-state index in [4.69, 9.17) is 9.47 Å². The number of amides is 1. The smallest absolute Gasteiger partial charge is 0.265 e. The topological polar surface area (TPSA) is 93.7 Å². The van der Waals surface area contributed by atoms with Crippen molar-refractivity contribution in [3.8, 4) is 5.75 Å². The number of hydrogen-bond acceptors (Lipinski definition) is 5. The first kappa shape index (κ1) is 15.3. The highest BCUT2D eigenvalue weighted by molar-refractivity contribution is 7.89. The summed E-state index contributed by atoms with van der Waals surface area (Å²) in [5.41, 5.74) is 0.364. The Morgan fingerprint density at radius 1 is 1.41 bits per heavy atom. The molecule has 2 aliphatic rings. The molecular weight excluding hydrogens is 308 g/mol. The van der Waals surface area contributed by atoms with Gasteiger partial charge in [0.05, 0.1) is 16.7 Å². The number of benzene rings is 1. The van der Waals surface area contributed by atoms with Gasteiger partial charge in [0.25, 0.3) is 5.91 Å². The molecule has 2 N–H and O–H groups in total. The zero-order valence-corrected chi connectivity index (χ0v) is 13.0. The number of carbonyl (C=O) groups excluding carboxylic acids is 1. The molecule has 2 aliphatic heterocycles. The first-order chi connectivity index (χ1) is 10.5. The summed E-state index contributed by atoms with van der Waals surface area (Å²) < 4.78 is 37.9. The van der Waals surface area contributed by atoms with E-state index in [0.717, 1.165) is 12.8 Å². The second kappa shape index (κ2) is 5.86. The van der Waals surface area contributed by atoms with Gasteiger partial charge in [0.2, 0.25) is 10.0 Å². The van der Waals surface area contributed by atoms with Crippen LogP contribution in [-0.4, -0.2) is 39.7 Å². The second-order valence-electron chi connectivity index (χ2n) is 5.39. The first-order valence-electron chi connectivity index (χ1n) is 7.18. The summed E-state index contributed by atoms with van der Waals surface area (Å²) in [7, 11) is -3.65. The lowest BCUT2D eigenvalue weighted by Gasteiger charge is -2.23. The Labute approximate surface area is 129 Å². The maximum atomic E-state index is 12.3. The molecule has 0 radical (unpaired) electrons. The second-order valence-corrected chi connectivity index (χ2v) is 7.16. The van der Waals surface area contributed by atoms with Gasteiger partial charge in [-0.3, -0.25) is 4.79 Å². The Bertz CT molecular complexity index is 682. The summed E-state index contributed by atoms with van der Waals surface area (Å²) in [5.74, 6) is 0.166. The van der Waals surface area contributed by atoms with Crippen LogP contribution < -0.4 is 14.8 Å². The van der Waals surface area contributed by atoms with Crippen LogP contribution in [0.25, 0.3) is 0 Å². The van der Waals surface area contributed by atoms with E-state index in [1.54, 1.807) is 13.0 Å². The highest BCUT2D eigenvalue weighted by Gasteiger charge is 2.26. The molecule has 0 aromatic heterocycles. The van der Waals surface area contributed by atoms with Gasteiger partial charge in [0.1, 0.15) is 5.75 Å². The third-order valence-electron chi connectivity index (χ3n) is 3.72. The van der Waals surface area contributed by atoms with Gasteiger partial charge in [-0.05, 0) is 38.0 Å². The Balaban J connectivity index is 1.76. The summed E-state index contributed by atoms with van der Waals surface area (Å²) in [6.45, 7) is 2.55. The normalized spacial score (nSPS) is 24.5. The van der Waals surface area contributed by atoms with Crippen molar-refractivity contribution in [1.82, 2.24) is 4.72 Å². The molecule has 1 fully saturated rings. The molecule has 0 aliphatic carbocycles. The number of nitrogens with one attached hydrogen (secondary N) is 2. The Morgan fingerprint density at radius 2 is 2.23 bits per heavy atom. The lowest BCUT2D eigenvalue weighted by molar-refractivity contribution is -0.122. The fraction of sp³-hybridized carbons (Fsp3) is 0.500. The van der Waals surface area contributed by atoms with Crippen LogP contribution >= 0.6 is 0 Å². The molecule has 22 heavy (non-hydrogen) atoms. The van der Waals surface area contributed by atoms with Crippen LogP contribution in [0, 0.1) is 0 Å². The van der Waals surface area contributed by atoms with Gasteiger partial charge in [-0.1, -0.05) is 0 Å². The van der Waals surface area contributed by atoms with Gasteiger partial charge in [-0.15, -0.1) is 0 Å².